The van der Waals surface area contributed by atoms with E-state index in [9.17, 15) is 13.2 Å². The maximum Gasteiger partial charge on any atom is 0.240 e. The summed E-state index contributed by atoms with van der Waals surface area (Å²) in [6.45, 7) is -0.169. The Morgan fingerprint density at radius 2 is 1.86 bits per heavy atom. The van der Waals surface area contributed by atoms with Gasteiger partial charge >= 0.3 is 0 Å². The number of thiazole rings is 1. The molecule has 2 aromatic heterocycles. The zero-order valence-corrected chi connectivity index (χ0v) is 17.2. The first-order valence-electron chi connectivity index (χ1n) is 8.82. The molecule has 0 bridgehead atoms. The van der Waals surface area contributed by atoms with Crippen molar-refractivity contribution in [1.82, 2.24) is 19.9 Å². The van der Waals surface area contributed by atoms with Crippen molar-refractivity contribution >= 4 is 38.1 Å². The van der Waals surface area contributed by atoms with Crippen LogP contribution < -0.4 is 5.32 Å². The number of fused-ring (bicyclic) bond motifs is 1. The van der Waals surface area contributed by atoms with E-state index in [1.807, 2.05) is 35.7 Å². The van der Waals surface area contributed by atoms with Crippen molar-refractivity contribution in [3.63, 3.8) is 0 Å². The first kappa shape index (κ1) is 19.3. The predicted octanol–water partition coefficient (Wildman–Crippen LogP) is 2.80. The summed E-state index contributed by atoms with van der Waals surface area (Å²) in [4.78, 5) is 21.5. The van der Waals surface area contributed by atoms with Crippen LogP contribution >= 0.6 is 11.3 Å². The molecule has 4 rings (SSSR count). The Balaban J connectivity index is 1.67. The number of amides is 1. The van der Waals surface area contributed by atoms with Gasteiger partial charge < -0.3 is 9.88 Å². The molecule has 7 nitrogen and oxygen atoms in total. The first-order valence-corrected chi connectivity index (χ1v) is 11.6. The minimum atomic E-state index is -3.60. The summed E-state index contributed by atoms with van der Waals surface area (Å²) in [5, 5.41) is 5.46. The van der Waals surface area contributed by atoms with Gasteiger partial charge in [-0.15, -0.1) is 11.3 Å². The smallest absolute Gasteiger partial charge is 0.240 e. The summed E-state index contributed by atoms with van der Waals surface area (Å²) in [7, 11) is -3.60. The van der Waals surface area contributed by atoms with Crippen LogP contribution in [0.25, 0.3) is 11.0 Å². The van der Waals surface area contributed by atoms with Crippen LogP contribution in [-0.4, -0.2) is 35.1 Å². The van der Waals surface area contributed by atoms with Crippen LogP contribution in [0.2, 0.25) is 0 Å². The van der Waals surface area contributed by atoms with Crippen LogP contribution in [0.1, 0.15) is 16.6 Å². The number of hydrogen-bond donors (Lipinski definition) is 1. The molecule has 1 unspecified atom stereocenters. The summed E-state index contributed by atoms with van der Waals surface area (Å²) >= 11 is 1.44. The number of carbonyl (C=O) groups is 1. The van der Waals surface area contributed by atoms with Gasteiger partial charge in [0.05, 0.1) is 11.0 Å². The Morgan fingerprint density at radius 1 is 1.14 bits per heavy atom. The Hall–Kier alpha value is -3.04. The fourth-order valence-electron chi connectivity index (χ4n) is 3.15. The minimum Gasteiger partial charge on any atom is -0.341 e. The summed E-state index contributed by atoms with van der Waals surface area (Å²) in [5.41, 5.74) is 2.02. The highest BCUT2D eigenvalue weighted by molar-refractivity contribution is 7.90. The average Bonchev–Trinajstić information content (AvgIpc) is 3.35. The van der Waals surface area contributed by atoms with Crippen molar-refractivity contribution in [2.45, 2.75) is 17.7 Å². The van der Waals surface area contributed by atoms with Gasteiger partial charge in [0.1, 0.15) is 17.6 Å². The SMILES string of the molecule is CS(=O)(=O)c1nc2ccccc2n1CC(=O)NC(c1ccccc1)c1nccs1. The summed E-state index contributed by atoms with van der Waals surface area (Å²) in [6.07, 6.45) is 2.78. The topological polar surface area (TPSA) is 94.0 Å². The molecule has 0 fully saturated rings. The molecule has 2 aromatic carbocycles. The van der Waals surface area contributed by atoms with E-state index in [2.05, 4.69) is 15.3 Å². The molecule has 0 radical (unpaired) electrons. The number of carbonyl (C=O) groups excluding carboxylic acids is 1. The molecule has 1 amide bonds. The van der Waals surface area contributed by atoms with Gasteiger partial charge in [-0.3, -0.25) is 4.79 Å². The van der Waals surface area contributed by atoms with Crippen LogP contribution in [-0.2, 0) is 21.2 Å². The largest absolute Gasteiger partial charge is 0.341 e. The van der Waals surface area contributed by atoms with E-state index < -0.39 is 15.9 Å². The fourth-order valence-corrected chi connectivity index (χ4v) is 4.69. The fraction of sp³-hybridized carbons (Fsp3) is 0.150. The maximum atomic E-state index is 12.9. The Bertz CT molecular complexity index is 1250. The highest BCUT2D eigenvalue weighted by Crippen LogP contribution is 2.24. The Labute approximate surface area is 172 Å². The number of rotatable bonds is 6. The lowest BCUT2D eigenvalue weighted by Gasteiger charge is -2.18. The molecule has 0 saturated heterocycles. The highest BCUT2D eigenvalue weighted by Gasteiger charge is 2.23. The second-order valence-corrected chi connectivity index (χ2v) is 9.36. The lowest BCUT2D eigenvalue weighted by molar-refractivity contribution is -0.122. The number of nitrogens with zero attached hydrogens (tertiary/aromatic N) is 3. The zero-order chi connectivity index (χ0) is 20.4. The lowest BCUT2D eigenvalue weighted by Crippen LogP contribution is -2.32. The van der Waals surface area contributed by atoms with Crippen molar-refractivity contribution in [3.05, 3.63) is 76.7 Å². The second-order valence-electron chi connectivity index (χ2n) is 6.52. The Kier molecular flexibility index (Phi) is 5.16. The lowest BCUT2D eigenvalue weighted by atomic mass is 10.1. The molecule has 9 heteroatoms. The second kappa shape index (κ2) is 7.76. The van der Waals surface area contributed by atoms with Crippen molar-refractivity contribution in [2.75, 3.05) is 6.26 Å². The van der Waals surface area contributed by atoms with Crippen LogP contribution in [0.4, 0.5) is 0 Å². The third-order valence-corrected chi connectivity index (χ3v) is 6.20. The quantitative estimate of drug-likeness (QED) is 0.512. The zero-order valence-electron chi connectivity index (χ0n) is 15.5. The highest BCUT2D eigenvalue weighted by atomic mass is 32.2. The summed E-state index contributed by atoms with van der Waals surface area (Å²) in [6, 6.07) is 16.1. The van der Waals surface area contributed by atoms with Gasteiger partial charge in [0.2, 0.25) is 20.9 Å². The van der Waals surface area contributed by atoms with Gasteiger partial charge in [0.25, 0.3) is 0 Å². The van der Waals surface area contributed by atoms with Gasteiger partial charge in [-0.05, 0) is 17.7 Å². The standard InChI is InChI=1S/C20H18N4O3S2/c1-29(26,27)20-22-15-9-5-6-10-16(15)24(20)13-17(25)23-18(19-21-11-12-28-19)14-7-3-2-4-8-14/h2-12,18H,13H2,1H3,(H,23,25). The van der Waals surface area contributed by atoms with Crippen LogP contribution in [0.5, 0.6) is 0 Å². The number of hydrogen-bond acceptors (Lipinski definition) is 6. The molecule has 0 spiro atoms. The maximum absolute atomic E-state index is 12.9. The van der Waals surface area contributed by atoms with Crippen LogP contribution in [0.3, 0.4) is 0 Å². The van der Waals surface area contributed by atoms with Crippen LogP contribution in [0, 0.1) is 0 Å². The van der Waals surface area contributed by atoms with E-state index in [1.54, 1.807) is 30.5 Å². The van der Waals surface area contributed by atoms with Crippen molar-refractivity contribution in [3.8, 4) is 0 Å². The number of nitrogens with one attached hydrogen (secondary N) is 1. The number of aromatic nitrogens is 3. The molecule has 0 aliphatic heterocycles. The molecule has 1 N–H and O–H groups in total. The number of benzene rings is 2. The summed E-state index contributed by atoms with van der Waals surface area (Å²) in [5.74, 6) is -0.331. The van der Waals surface area contributed by atoms with Gasteiger partial charge in [-0.25, -0.2) is 18.4 Å². The van der Waals surface area contributed by atoms with Crippen molar-refractivity contribution in [1.29, 1.82) is 0 Å². The molecular formula is C20H18N4O3S2. The third-order valence-electron chi connectivity index (χ3n) is 4.39. The molecule has 29 heavy (non-hydrogen) atoms. The van der Waals surface area contributed by atoms with Crippen molar-refractivity contribution in [2.24, 2.45) is 0 Å². The summed E-state index contributed by atoms with van der Waals surface area (Å²) < 4.78 is 25.9. The van der Waals surface area contributed by atoms with Gasteiger partial charge in [-0.2, -0.15) is 0 Å². The molecule has 4 aromatic rings. The number of sulfone groups is 1. The van der Waals surface area contributed by atoms with E-state index in [0.29, 0.717) is 11.0 Å². The molecular weight excluding hydrogens is 408 g/mol. The number of imidazole rings is 1. The predicted molar refractivity (Wildman–Crippen MR) is 111 cm³/mol. The van der Waals surface area contributed by atoms with E-state index in [4.69, 9.17) is 0 Å². The van der Waals surface area contributed by atoms with Gasteiger partial charge in [-0.1, -0.05) is 42.5 Å². The normalized spacial score (nSPS) is 12.7. The molecule has 0 aliphatic carbocycles. The molecule has 1 atom stereocenters. The minimum absolute atomic E-state index is 0.126. The first-order chi connectivity index (χ1) is 13.9. The van der Waals surface area contributed by atoms with E-state index >= 15 is 0 Å². The Morgan fingerprint density at radius 3 is 2.55 bits per heavy atom. The van der Waals surface area contributed by atoms with Gasteiger partial charge in [0.15, 0.2) is 0 Å². The molecule has 0 aliphatic rings. The number of para-hydroxylation sites is 2. The van der Waals surface area contributed by atoms with E-state index in [-0.39, 0.29) is 17.6 Å². The van der Waals surface area contributed by atoms with Gasteiger partial charge in [0, 0.05) is 17.8 Å². The van der Waals surface area contributed by atoms with Crippen LogP contribution in [0.15, 0.2) is 71.3 Å². The van der Waals surface area contributed by atoms with Crippen molar-refractivity contribution < 1.29 is 13.2 Å². The van der Waals surface area contributed by atoms with E-state index in [0.717, 1.165) is 16.8 Å². The molecule has 148 valence electrons. The third kappa shape index (κ3) is 4.06. The van der Waals surface area contributed by atoms with E-state index in [1.165, 1.54) is 15.9 Å². The monoisotopic (exact) mass is 426 g/mol. The molecule has 0 saturated carbocycles. The molecule has 2 heterocycles. The average molecular weight is 427 g/mol.